The monoisotopic (exact) mass is 222 g/mol. The van der Waals surface area contributed by atoms with E-state index < -0.39 is 0 Å². The Morgan fingerprint density at radius 3 is 2.94 bits per heavy atom. The van der Waals surface area contributed by atoms with Crippen LogP contribution in [0.5, 0.6) is 0 Å². The normalized spacial score (nSPS) is 27.2. The van der Waals surface area contributed by atoms with E-state index in [0.717, 1.165) is 12.2 Å². The van der Waals surface area contributed by atoms with Gasteiger partial charge in [0.25, 0.3) is 0 Å². The Morgan fingerprint density at radius 2 is 2.31 bits per heavy atom. The molecule has 0 radical (unpaired) electrons. The first-order valence-electron chi connectivity index (χ1n) is 6.07. The molecule has 0 bridgehead atoms. The summed E-state index contributed by atoms with van der Waals surface area (Å²) in [4.78, 5) is 2.43. The molecule has 0 amide bonds. The second-order valence-electron chi connectivity index (χ2n) is 4.91. The van der Waals surface area contributed by atoms with Gasteiger partial charge in [-0.1, -0.05) is 0 Å². The Labute approximate surface area is 97.6 Å². The lowest BCUT2D eigenvalue weighted by Crippen LogP contribution is -2.45. The molecular weight excluding hydrogens is 200 g/mol. The summed E-state index contributed by atoms with van der Waals surface area (Å²) in [6, 6.07) is 3.41. The predicted octanol–water partition coefficient (Wildman–Crippen LogP) is 0.992. The summed E-state index contributed by atoms with van der Waals surface area (Å²) < 4.78 is 1.86. The Hall–Kier alpha value is -0.870. The molecule has 4 nitrogen and oxygen atoms in total. The fourth-order valence-corrected chi connectivity index (χ4v) is 2.28. The van der Waals surface area contributed by atoms with Crippen LogP contribution >= 0.6 is 0 Å². The van der Waals surface area contributed by atoms with Crippen molar-refractivity contribution in [2.45, 2.75) is 38.4 Å². The zero-order valence-electron chi connectivity index (χ0n) is 10.5. The van der Waals surface area contributed by atoms with Gasteiger partial charge in [-0.3, -0.25) is 4.68 Å². The molecule has 90 valence electrons. The number of hydrogen-bond acceptors (Lipinski definition) is 3. The standard InChI is InChI=1S/C12H22N4/c1-10-8-11(4-6-15(10)2)13-9-12-5-7-16(3)14-12/h5,7,10-11,13H,4,6,8-9H2,1-3H3. The van der Waals surface area contributed by atoms with Crippen molar-refractivity contribution in [3.63, 3.8) is 0 Å². The van der Waals surface area contributed by atoms with Crippen molar-refractivity contribution >= 4 is 0 Å². The van der Waals surface area contributed by atoms with Crippen molar-refractivity contribution < 1.29 is 0 Å². The fraction of sp³-hybridized carbons (Fsp3) is 0.750. The van der Waals surface area contributed by atoms with E-state index in [4.69, 9.17) is 0 Å². The highest BCUT2D eigenvalue weighted by atomic mass is 15.3. The maximum atomic E-state index is 4.37. The van der Waals surface area contributed by atoms with Crippen LogP contribution in [0.15, 0.2) is 12.3 Å². The van der Waals surface area contributed by atoms with Crippen LogP contribution in [0.25, 0.3) is 0 Å². The van der Waals surface area contributed by atoms with E-state index in [-0.39, 0.29) is 0 Å². The van der Waals surface area contributed by atoms with Crippen molar-refractivity contribution in [3.05, 3.63) is 18.0 Å². The van der Waals surface area contributed by atoms with Crippen LogP contribution in [0.2, 0.25) is 0 Å². The highest BCUT2D eigenvalue weighted by molar-refractivity contribution is 4.98. The Bertz CT molecular complexity index is 334. The first kappa shape index (κ1) is 11.6. The summed E-state index contributed by atoms with van der Waals surface area (Å²) in [5.41, 5.74) is 1.13. The third kappa shape index (κ3) is 2.83. The molecule has 0 aliphatic carbocycles. The molecule has 2 unspecified atom stereocenters. The van der Waals surface area contributed by atoms with E-state index in [1.807, 2.05) is 17.9 Å². The zero-order valence-corrected chi connectivity index (χ0v) is 10.5. The minimum Gasteiger partial charge on any atom is -0.308 e. The zero-order chi connectivity index (χ0) is 11.5. The lowest BCUT2D eigenvalue weighted by atomic mass is 9.99. The first-order valence-corrected chi connectivity index (χ1v) is 6.07. The van der Waals surface area contributed by atoms with Crippen molar-refractivity contribution in [1.29, 1.82) is 0 Å². The van der Waals surface area contributed by atoms with Crippen molar-refractivity contribution in [1.82, 2.24) is 20.0 Å². The van der Waals surface area contributed by atoms with E-state index in [2.05, 4.69) is 35.4 Å². The third-order valence-corrected chi connectivity index (χ3v) is 3.55. The van der Waals surface area contributed by atoms with Crippen LogP contribution in [0.4, 0.5) is 0 Å². The van der Waals surface area contributed by atoms with E-state index in [0.29, 0.717) is 12.1 Å². The quantitative estimate of drug-likeness (QED) is 0.828. The molecule has 1 N–H and O–H groups in total. The van der Waals surface area contributed by atoms with Gasteiger partial charge < -0.3 is 10.2 Å². The van der Waals surface area contributed by atoms with Gasteiger partial charge in [0.15, 0.2) is 0 Å². The van der Waals surface area contributed by atoms with E-state index >= 15 is 0 Å². The molecule has 1 aliphatic rings. The largest absolute Gasteiger partial charge is 0.308 e. The Balaban J connectivity index is 1.78. The summed E-state index contributed by atoms with van der Waals surface area (Å²) in [5.74, 6) is 0. The number of rotatable bonds is 3. The van der Waals surface area contributed by atoms with Gasteiger partial charge in [0.1, 0.15) is 0 Å². The van der Waals surface area contributed by atoms with E-state index in [1.165, 1.54) is 19.4 Å². The molecule has 0 saturated carbocycles. The summed E-state index contributed by atoms with van der Waals surface area (Å²) in [7, 11) is 4.17. The highest BCUT2D eigenvalue weighted by Gasteiger charge is 2.22. The molecule has 16 heavy (non-hydrogen) atoms. The van der Waals surface area contributed by atoms with Gasteiger partial charge in [0.2, 0.25) is 0 Å². The number of nitrogens with zero attached hydrogens (tertiary/aromatic N) is 3. The van der Waals surface area contributed by atoms with Gasteiger partial charge in [0, 0.05) is 31.9 Å². The molecule has 1 fully saturated rings. The topological polar surface area (TPSA) is 33.1 Å². The first-order chi connectivity index (χ1) is 7.65. The minimum absolute atomic E-state index is 0.646. The molecule has 1 aromatic heterocycles. The van der Waals surface area contributed by atoms with Crippen molar-refractivity contribution in [3.8, 4) is 0 Å². The lowest BCUT2D eigenvalue weighted by molar-refractivity contribution is 0.168. The van der Waals surface area contributed by atoms with Crippen LogP contribution in [0.3, 0.4) is 0 Å². The molecule has 0 spiro atoms. The number of likely N-dealkylation sites (tertiary alicyclic amines) is 1. The van der Waals surface area contributed by atoms with Gasteiger partial charge in [-0.15, -0.1) is 0 Å². The predicted molar refractivity (Wildman–Crippen MR) is 65.2 cm³/mol. The van der Waals surface area contributed by atoms with Gasteiger partial charge in [-0.05, 0) is 39.4 Å². The summed E-state index contributed by atoms with van der Waals surface area (Å²) >= 11 is 0. The molecule has 0 aromatic carbocycles. The molecule has 1 aromatic rings. The molecule has 2 heterocycles. The van der Waals surface area contributed by atoms with E-state index in [1.54, 1.807) is 0 Å². The van der Waals surface area contributed by atoms with Gasteiger partial charge in [0.05, 0.1) is 5.69 Å². The van der Waals surface area contributed by atoms with E-state index in [9.17, 15) is 0 Å². The molecular formula is C12H22N4. The second-order valence-corrected chi connectivity index (χ2v) is 4.91. The highest BCUT2D eigenvalue weighted by Crippen LogP contribution is 2.15. The Kier molecular flexibility index (Phi) is 3.61. The van der Waals surface area contributed by atoms with Crippen LogP contribution < -0.4 is 5.32 Å². The van der Waals surface area contributed by atoms with Crippen LogP contribution in [-0.4, -0.2) is 40.4 Å². The fourth-order valence-electron chi connectivity index (χ4n) is 2.28. The molecule has 2 atom stereocenters. The maximum Gasteiger partial charge on any atom is 0.0762 e. The number of aryl methyl sites for hydroxylation is 1. The number of piperidine rings is 1. The molecule has 4 heteroatoms. The van der Waals surface area contributed by atoms with Crippen LogP contribution in [0.1, 0.15) is 25.5 Å². The van der Waals surface area contributed by atoms with Gasteiger partial charge in [-0.2, -0.15) is 5.10 Å². The van der Waals surface area contributed by atoms with Gasteiger partial charge in [-0.25, -0.2) is 0 Å². The average molecular weight is 222 g/mol. The summed E-state index contributed by atoms with van der Waals surface area (Å²) in [6.07, 6.45) is 4.48. The second kappa shape index (κ2) is 4.97. The smallest absolute Gasteiger partial charge is 0.0762 e. The number of hydrogen-bond donors (Lipinski definition) is 1. The summed E-state index contributed by atoms with van der Waals surface area (Å²) in [5, 5.41) is 7.97. The molecule has 2 rings (SSSR count). The maximum absolute atomic E-state index is 4.37. The lowest BCUT2D eigenvalue weighted by Gasteiger charge is -2.35. The average Bonchev–Trinajstić information content (AvgIpc) is 2.66. The Morgan fingerprint density at radius 1 is 1.50 bits per heavy atom. The minimum atomic E-state index is 0.646. The third-order valence-electron chi connectivity index (χ3n) is 3.55. The van der Waals surface area contributed by atoms with Crippen LogP contribution in [-0.2, 0) is 13.6 Å². The molecule has 1 aliphatic heterocycles. The van der Waals surface area contributed by atoms with Crippen molar-refractivity contribution in [2.75, 3.05) is 13.6 Å². The molecule has 1 saturated heterocycles. The van der Waals surface area contributed by atoms with Crippen LogP contribution in [0, 0.1) is 0 Å². The SMILES string of the molecule is CC1CC(NCc2ccn(C)n2)CCN1C. The summed E-state index contributed by atoms with van der Waals surface area (Å²) in [6.45, 7) is 4.39. The number of nitrogens with one attached hydrogen (secondary N) is 1. The number of aromatic nitrogens is 2. The van der Waals surface area contributed by atoms with Crippen molar-refractivity contribution in [2.24, 2.45) is 7.05 Å². The van der Waals surface area contributed by atoms with Gasteiger partial charge >= 0.3 is 0 Å².